The van der Waals surface area contributed by atoms with Crippen LogP contribution in [0.2, 0.25) is 0 Å². The number of carbonyl (C=O) groups is 1. The Morgan fingerprint density at radius 3 is 2.62 bits per heavy atom. The zero-order valence-electron chi connectivity index (χ0n) is 15.1. The van der Waals surface area contributed by atoms with Crippen molar-refractivity contribution in [1.29, 1.82) is 0 Å². The lowest BCUT2D eigenvalue weighted by atomic mass is 10.1. The third-order valence-corrected chi connectivity index (χ3v) is 6.49. The fourth-order valence-corrected chi connectivity index (χ4v) is 4.79. The molecular weight excluding hydrogens is 360 g/mol. The largest absolute Gasteiger partial charge is 0.334 e. The lowest BCUT2D eigenvalue weighted by Crippen LogP contribution is -2.33. The summed E-state index contributed by atoms with van der Waals surface area (Å²) in [6.07, 6.45) is 2.70. The predicted molar refractivity (Wildman–Crippen MR) is 109 cm³/mol. The molecule has 0 spiro atoms. The van der Waals surface area contributed by atoms with Gasteiger partial charge in [0.25, 0.3) is 0 Å². The van der Waals surface area contributed by atoms with Crippen LogP contribution in [-0.2, 0) is 17.8 Å². The molecule has 1 saturated carbocycles. The van der Waals surface area contributed by atoms with Crippen LogP contribution in [0.25, 0.3) is 11.3 Å². The van der Waals surface area contributed by atoms with Crippen molar-refractivity contribution in [3.63, 3.8) is 0 Å². The third-order valence-electron chi connectivity index (χ3n) is 4.66. The van der Waals surface area contributed by atoms with E-state index in [1.165, 1.54) is 10.4 Å². The highest BCUT2D eigenvalue weighted by Crippen LogP contribution is 2.33. The van der Waals surface area contributed by atoms with Crippen molar-refractivity contribution >= 4 is 28.6 Å². The molecule has 1 amide bonds. The molecule has 3 aromatic rings. The van der Waals surface area contributed by atoms with Crippen molar-refractivity contribution in [3.8, 4) is 11.3 Å². The molecule has 26 heavy (non-hydrogen) atoms. The molecular formula is C21H22N2OS2. The minimum atomic E-state index is 0.220. The van der Waals surface area contributed by atoms with Crippen molar-refractivity contribution in [2.24, 2.45) is 0 Å². The van der Waals surface area contributed by atoms with Crippen molar-refractivity contribution in [2.45, 2.75) is 45.7 Å². The first-order valence-electron chi connectivity index (χ1n) is 8.95. The second-order valence-corrected chi connectivity index (χ2v) is 9.20. The van der Waals surface area contributed by atoms with Crippen molar-refractivity contribution in [1.82, 2.24) is 9.88 Å². The van der Waals surface area contributed by atoms with E-state index in [4.69, 9.17) is 4.98 Å². The molecule has 0 unspecified atom stereocenters. The number of thiazole rings is 1. The average Bonchev–Trinajstić information content (AvgIpc) is 3.20. The SMILES string of the molecule is Cc1ccc(-c2nc(C)sc2CC(=O)N(Cc2cccs2)C2CC2)cc1. The summed E-state index contributed by atoms with van der Waals surface area (Å²) >= 11 is 3.37. The van der Waals surface area contributed by atoms with Crippen LogP contribution in [0.1, 0.15) is 33.2 Å². The van der Waals surface area contributed by atoms with E-state index in [0.717, 1.165) is 40.5 Å². The van der Waals surface area contributed by atoms with Gasteiger partial charge in [0.05, 0.1) is 23.7 Å². The summed E-state index contributed by atoms with van der Waals surface area (Å²) in [5.41, 5.74) is 3.29. The van der Waals surface area contributed by atoms with Gasteiger partial charge in [0.15, 0.2) is 0 Å². The van der Waals surface area contributed by atoms with Gasteiger partial charge in [-0.1, -0.05) is 35.9 Å². The van der Waals surface area contributed by atoms with Gasteiger partial charge in [-0.3, -0.25) is 4.79 Å². The molecule has 0 atom stereocenters. The van der Waals surface area contributed by atoms with E-state index in [-0.39, 0.29) is 5.91 Å². The quantitative estimate of drug-likeness (QED) is 0.585. The van der Waals surface area contributed by atoms with E-state index in [1.54, 1.807) is 22.7 Å². The Balaban J connectivity index is 1.56. The zero-order valence-corrected chi connectivity index (χ0v) is 16.7. The number of hydrogen-bond donors (Lipinski definition) is 0. The fraction of sp³-hybridized carbons (Fsp3) is 0.333. The van der Waals surface area contributed by atoms with Gasteiger partial charge in [-0.2, -0.15) is 0 Å². The smallest absolute Gasteiger partial charge is 0.228 e. The van der Waals surface area contributed by atoms with Gasteiger partial charge in [-0.25, -0.2) is 4.98 Å². The minimum absolute atomic E-state index is 0.220. The van der Waals surface area contributed by atoms with E-state index < -0.39 is 0 Å². The fourth-order valence-electron chi connectivity index (χ4n) is 3.14. The minimum Gasteiger partial charge on any atom is -0.334 e. The number of nitrogens with zero attached hydrogens (tertiary/aromatic N) is 2. The lowest BCUT2D eigenvalue weighted by Gasteiger charge is -2.21. The molecule has 3 nitrogen and oxygen atoms in total. The van der Waals surface area contributed by atoms with Crippen molar-refractivity contribution in [2.75, 3.05) is 0 Å². The number of aromatic nitrogens is 1. The predicted octanol–water partition coefficient (Wildman–Crippen LogP) is 5.22. The topological polar surface area (TPSA) is 33.2 Å². The molecule has 1 aliphatic carbocycles. The lowest BCUT2D eigenvalue weighted by molar-refractivity contribution is -0.131. The molecule has 0 aliphatic heterocycles. The van der Waals surface area contributed by atoms with Crippen LogP contribution < -0.4 is 0 Å². The van der Waals surface area contributed by atoms with Gasteiger partial charge in [-0.05, 0) is 38.1 Å². The van der Waals surface area contributed by atoms with Gasteiger partial charge < -0.3 is 4.90 Å². The normalized spacial score (nSPS) is 13.8. The second-order valence-electron chi connectivity index (χ2n) is 6.88. The maximum atomic E-state index is 13.1. The monoisotopic (exact) mass is 382 g/mol. The Labute approximate surface area is 162 Å². The first kappa shape index (κ1) is 17.4. The van der Waals surface area contributed by atoms with E-state index in [9.17, 15) is 4.79 Å². The molecule has 0 saturated heterocycles. The summed E-state index contributed by atoms with van der Waals surface area (Å²) in [6, 6.07) is 13.0. The van der Waals surface area contributed by atoms with Gasteiger partial charge >= 0.3 is 0 Å². The van der Waals surface area contributed by atoms with Crippen LogP contribution in [0.4, 0.5) is 0 Å². The highest BCUT2D eigenvalue weighted by molar-refractivity contribution is 7.12. The standard InChI is InChI=1S/C21H22N2OS2/c1-14-5-7-16(8-6-14)21-19(26-15(2)22-21)12-20(24)23(17-9-10-17)13-18-4-3-11-25-18/h3-8,11,17H,9-10,12-13H2,1-2H3. The molecule has 134 valence electrons. The summed E-state index contributed by atoms with van der Waals surface area (Å²) in [6.45, 7) is 4.83. The molecule has 0 N–H and O–H groups in total. The Bertz CT molecular complexity index is 893. The van der Waals surface area contributed by atoms with Crippen LogP contribution in [-0.4, -0.2) is 21.8 Å². The summed E-state index contributed by atoms with van der Waals surface area (Å²) < 4.78 is 0. The number of benzene rings is 1. The van der Waals surface area contributed by atoms with Gasteiger partial charge in [0.2, 0.25) is 5.91 Å². The third kappa shape index (κ3) is 3.89. The molecule has 2 aromatic heterocycles. The molecule has 0 radical (unpaired) electrons. The van der Waals surface area contributed by atoms with Crippen LogP contribution >= 0.6 is 22.7 Å². The molecule has 1 aliphatic rings. The molecule has 5 heteroatoms. The Kier molecular flexibility index (Phi) is 4.92. The Morgan fingerprint density at radius 2 is 1.96 bits per heavy atom. The molecule has 2 heterocycles. The van der Waals surface area contributed by atoms with E-state index in [0.29, 0.717) is 12.5 Å². The summed E-state index contributed by atoms with van der Waals surface area (Å²) in [5, 5.41) is 3.09. The number of aryl methyl sites for hydroxylation is 2. The van der Waals surface area contributed by atoms with Gasteiger partial charge in [-0.15, -0.1) is 22.7 Å². The number of thiophene rings is 1. The first-order chi connectivity index (χ1) is 12.6. The van der Waals surface area contributed by atoms with Crippen molar-refractivity contribution in [3.05, 3.63) is 62.1 Å². The van der Waals surface area contributed by atoms with Crippen LogP contribution in [0.5, 0.6) is 0 Å². The van der Waals surface area contributed by atoms with Crippen LogP contribution in [0.15, 0.2) is 41.8 Å². The molecule has 1 fully saturated rings. The maximum absolute atomic E-state index is 13.1. The van der Waals surface area contributed by atoms with E-state index in [2.05, 4.69) is 53.6 Å². The van der Waals surface area contributed by atoms with Gasteiger partial charge in [0.1, 0.15) is 0 Å². The second kappa shape index (κ2) is 7.33. The highest BCUT2D eigenvalue weighted by Gasteiger charge is 2.33. The summed E-state index contributed by atoms with van der Waals surface area (Å²) in [7, 11) is 0. The summed E-state index contributed by atoms with van der Waals surface area (Å²) in [5.74, 6) is 0.220. The summed E-state index contributed by atoms with van der Waals surface area (Å²) in [4.78, 5) is 22.2. The van der Waals surface area contributed by atoms with E-state index >= 15 is 0 Å². The molecule has 1 aromatic carbocycles. The average molecular weight is 383 g/mol. The number of carbonyl (C=O) groups excluding carboxylic acids is 1. The van der Waals surface area contributed by atoms with Crippen molar-refractivity contribution < 1.29 is 4.79 Å². The van der Waals surface area contributed by atoms with Crippen LogP contribution in [0.3, 0.4) is 0 Å². The van der Waals surface area contributed by atoms with Crippen LogP contribution in [0, 0.1) is 13.8 Å². The number of amides is 1. The van der Waals surface area contributed by atoms with E-state index in [1.807, 2.05) is 6.92 Å². The van der Waals surface area contributed by atoms with Gasteiger partial charge in [0, 0.05) is 21.4 Å². The molecule has 4 rings (SSSR count). The highest BCUT2D eigenvalue weighted by atomic mass is 32.1. The Hall–Kier alpha value is -1.98. The zero-order chi connectivity index (χ0) is 18.1. The Morgan fingerprint density at radius 1 is 1.19 bits per heavy atom. The molecule has 0 bridgehead atoms. The number of rotatable bonds is 6. The number of hydrogen-bond acceptors (Lipinski definition) is 4. The first-order valence-corrected chi connectivity index (χ1v) is 10.6. The maximum Gasteiger partial charge on any atom is 0.228 e.